The predicted octanol–water partition coefficient (Wildman–Crippen LogP) is 3.68. The molecule has 1 fully saturated rings. The highest BCUT2D eigenvalue weighted by atomic mass is 16.5. The molecule has 0 bridgehead atoms. The lowest BCUT2D eigenvalue weighted by atomic mass is 10.0. The zero-order valence-electron chi connectivity index (χ0n) is 12.4. The molecule has 1 unspecified atom stereocenters. The van der Waals surface area contributed by atoms with Gasteiger partial charge in [-0.1, -0.05) is 13.3 Å². The molecule has 0 radical (unpaired) electrons. The Kier molecular flexibility index (Phi) is 4.56. The number of hydrogen-bond acceptors (Lipinski definition) is 3. The molecule has 0 spiro atoms. The summed E-state index contributed by atoms with van der Waals surface area (Å²) in [4.78, 5) is 2.43. The third-order valence-electron chi connectivity index (χ3n) is 3.63. The van der Waals surface area contributed by atoms with Crippen molar-refractivity contribution < 1.29 is 4.74 Å². The van der Waals surface area contributed by atoms with Crippen LogP contribution < -0.4 is 15.4 Å². The number of nitrogen functional groups attached to an aromatic ring is 1. The summed E-state index contributed by atoms with van der Waals surface area (Å²) in [5, 5.41) is 0. The Balaban J connectivity index is 2.09. The van der Waals surface area contributed by atoms with Gasteiger partial charge in [-0.3, -0.25) is 0 Å². The van der Waals surface area contributed by atoms with Crippen molar-refractivity contribution in [1.82, 2.24) is 0 Å². The zero-order valence-corrected chi connectivity index (χ0v) is 12.4. The first kappa shape index (κ1) is 14.0. The first-order valence-corrected chi connectivity index (χ1v) is 7.40. The molecule has 3 nitrogen and oxygen atoms in total. The van der Waals surface area contributed by atoms with Crippen LogP contribution in [0.3, 0.4) is 0 Å². The average molecular weight is 262 g/mol. The van der Waals surface area contributed by atoms with Crippen molar-refractivity contribution >= 4 is 11.4 Å². The summed E-state index contributed by atoms with van der Waals surface area (Å²) in [6.45, 7) is 8.62. The minimum atomic E-state index is 0.182. The van der Waals surface area contributed by atoms with Gasteiger partial charge in [0, 0.05) is 36.6 Å². The Bertz CT molecular complexity index is 417. The van der Waals surface area contributed by atoms with Gasteiger partial charge in [-0.2, -0.15) is 0 Å². The number of nitrogens with two attached hydrogens (primary N) is 1. The number of anilines is 2. The van der Waals surface area contributed by atoms with Crippen molar-refractivity contribution in [3.05, 3.63) is 18.2 Å². The molecule has 1 heterocycles. The lowest BCUT2D eigenvalue weighted by Crippen LogP contribution is -2.20. The molecule has 1 aromatic rings. The normalized spacial score (nSPS) is 19.2. The number of nitrogens with zero attached hydrogens (tertiary/aromatic N) is 1. The summed E-state index contributed by atoms with van der Waals surface area (Å²) in [5.74, 6) is 1.71. The molecule has 1 aliphatic heterocycles. The highest BCUT2D eigenvalue weighted by Gasteiger charge is 2.22. The fourth-order valence-electron chi connectivity index (χ4n) is 2.84. The van der Waals surface area contributed by atoms with Crippen LogP contribution in [0.4, 0.5) is 11.4 Å². The molecule has 106 valence electrons. The third kappa shape index (κ3) is 3.79. The summed E-state index contributed by atoms with van der Waals surface area (Å²) in [5.41, 5.74) is 7.98. The van der Waals surface area contributed by atoms with E-state index < -0.39 is 0 Å². The Morgan fingerprint density at radius 1 is 1.37 bits per heavy atom. The lowest BCUT2D eigenvalue weighted by Gasteiger charge is -2.21. The Morgan fingerprint density at radius 3 is 2.84 bits per heavy atom. The number of rotatable bonds is 5. The van der Waals surface area contributed by atoms with E-state index in [1.54, 1.807) is 0 Å². The average Bonchev–Trinajstić information content (AvgIpc) is 2.76. The van der Waals surface area contributed by atoms with Crippen LogP contribution in [-0.4, -0.2) is 19.2 Å². The highest BCUT2D eigenvalue weighted by molar-refractivity contribution is 5.61. The lowest BCUT2D eigenvalue weighted by molar-refractivity contribution is 0.242. The first-order chi connectivity index (χ1) is 9.08. The molecule has 2 N–H and O–H groups in total. The molecule has 1 saturated heterocycles. The first-order valence-electron chi connectivity index (χ1n) is 7.40. The van der Waals surface area contributed by atoms with Crippen molar-refractivity contribution in [2.24, 2.45) is 5.92 Å². The Hall–Kier alpha value is -1.38. The molecule has 3 heteroatoms. The van der Waals surface area contributed by atoms with Crippen LogP contribution in [0.1, 0.15) is 40.0 Å². The number of hydrogen-bond donors (Lipinski definition) is 1. The van der Waals surface area contributed by atoms with E-state index in [0.29, 0.717) is 0 Å². The van der Waals surface area contributed by atoms with Crippen LogP contribution in [0.25, 0.3) is 0 Å². The van der Waals surface area contributed by atoms with Gasteiger partial charge in [0.25, 0.3) is 0 Å². The molecule has 1 aromatic carbocycles. The van der Waals surface area contributed by atoms with Gasteiger partial charge >= 0.3 is 0 Å². The van der Waals surface area contributed by atoms with Crippen LogP contribution in [0.2, 0.25) is 0 Å². The smallest absolute Gasteiger partial charge is 0.123 e. The molecule has 2 rings (SSSR count). The monoisotopic (exact) mass is 262 g/mol. The number of benzene rings is 1. The summed E-state index contributed by atoms with van der Waals surface area (Å²) >= 11 is 0. The summed E-state index contributed by atoms with van der Waals surface area (Å²) < 4.78 is 5.76. The highest BCUT2D eigenvalue weighted by Crippen LogP contribution is 2.31. The molecular formula is C16H26N2O. The maximum Gasteiger partial charge on any atom is 0.123 e. The van der Waals surface area contributed by atoms with Crippen molar-refractivity contribution in [2.45, 2.75) is 46.1 Å². The van der Waals surface area contributed by atoms with E-state index in [4.69, 9.17) is 10.5 Å². The van der Waals surface area contributed by atoms with Crippen molar-refractivity contribution in [2.75, 3.05) is 23.7 Å². The van der Waals surface area contributed by atoms with Gasteiger partial charge in [-0.15, -0.1) is 0 Å². The van der Waals surface area contributed by atoms with Gasteiger partial charge in [-0.25, -0.2) is 0 Å². The molecule has 19 heavy (non-hydrogen) atoms. The van der Waals surface area contributed by atoms with Gasteiger partial charge in [0.05, 0.1) is 6.10 Å². The van der Waals surface area contributed by atoms with Crippen molar-refractivity contribution in [3.63, 3.8) is 0 Å². The van der Waals surface area contributed by atoms with E-state index in [-0.39, 0.29) is 6.10 Å². The zero-order chi connectivity index (χ0) is 13.8. The SMILES string of the molecule is CCCC1CCN(c2cc(N)cc(OC(C)C)c2)C1. The predicted molar refractivity (Wildman–Crippen MR) is 81.8 cm³/mol. The van der Waals surface area contributed by atoms with Crippen LogP contribution in [-0.2, 0) is 0 Å². The van der Waals surface area contributed by atoms with Gasteiger partial charge in [0.15, 0.2) is 0 Å². The van der Waals surface area contributed by atoms with Gasteiger partial charge in [0.1, 0.15) is 5.75 Å². The van der Waals surface area contributed by atoms with Crippen molar-refractivity contribution in [3.8, 4) is 5.75 Å². The standard InChI is InChI=1S/C16H26N2O/c1-4-5-13-6-7-18(11-13)15-8-14(17)9-16(10-15)19-12(2)3/h8-10,12-13H,4-7,11,17H2,1-3H3. The topological polar surface area (TPSA) is 38.5 Å². The van der Waals surface area contributed by atoms with Crippen LogP contribution in [0, 0.1) is 5.92 Å². The van der Waals surface area contributed by atoms with Gasteiger partial charge in [0.2, 0.25) is 0 Å². The van der Waals surface area contributed by atoms with E-state index in [0.717, 1.165) is 30.4 Å². The fraction of sp³-hybridized carbons (Fsp3) is 0.625. The van der Waals surface area contributed by atoms with Crippen LogP contribution in [0.5, 0.6) is 5.75 Å². The van der Waals surface area contributed by atoms with Gasteiger partial charge in [-0.05, 0) is 38.7 Å². The largest absolute Gasteiger partial charge is 0.491 e. The number of ether oxygens (including phenoxy) is 1. The Morgan fingerprint density at radius 2 is 2.16 bits per heavy atom. The molecule has 1 aliphatic rings. The van der Waals surface area contributed by atoms with Gasteiger partial charge < -0.3 is 15.4 Å². The van der Waals surface area contributed by atoms with E-state index in [1.807, 2.05) is 19.9 Å². The van der Waals surface area contributed by atoms with E-state index in [2.05, 4.69) is 24.0 Å². The second-order valence-electron chi connectivity index (χ2n) is 5.82. The maximum absolute atomic E-state index is 5.99. The summed E-state index contributed by atoms with van der Waals surface area (Å²) in [6, 6.07) is 6.08. The molecular weight excluding hydrogens is 236 g/mol. The third-order valence-corrected chi connectivity index (χ3v) is 3.63. The fourth-order valence-corrected chi connectivity index (χ4v) is 2.84. The summed E-state index contributed by atoms with van der Waals surface area (Å²) in [6.07, 6.45) is 4.08. The molecule has 0 saturated carbocycles. The quantitative estimate of drug-likeness (QED) is 0.823. The van der Waals surface area contributed by atoms with E-state index in [9.17, 15) is 0 Å². The maximum atomic E-state index is 5.99. The minimum absolute atomic E-state index is 0.182. The molecule has 0 aliphatic carbocycles. The molecule has 0 amide bonds. The van der Waals surface area contributed by atoms with Crippen LogP contribution >= 0.6 is 0 Å². The van der Waals surface area contributed by atoms with Crippen LogP contribution in [0.15, 0.2) is 18.2 Å². The minimum Gasteiger partial charge on any atom is -0.491 e. The van der Waals surface area contributed by atoms with Crippen molar-refractivity contribution in [1.29, 1.82) is 0 Å². The van der Waals surface area contributed by atoms with E-state index >= 15 is 0 Å². The Labute approximate surface area is 116 Å². The molecule has 1 atom stereocenters. The second-order valence-corrected chi connectivity index (χ2v) is 5.82. The molecule has 0 aromatic heterocycles. The summed E-state index contributed by atoms with van der Waals surface area (Å²) in [7, 11) is 0. The van der Waals surface area contributed by atoms with E-state index in [1.165, 1.54) is 24.9 Å². The second kappa shape index (κ2) is 6.18.